The van der Waals surface area contributed by atoms with Gasteiger partial charge in [-0.2, -0.15) is 0 Å². The third-order valence-electron chi connectivity index (χ3n) is 3.60. The standard InChI is InChI=1S/C16H20N2O2/c1-3-10-17-14(19)16(8-9-16)15(20)18-11-13-6-4-12(2)5-7-13/h3-7H,1,8-11H2,2H3,(H,17,19)(H,18,20). The quantitative estimate of drug-likeness (QED) is 0.611. The van der Waals surface area contributed by atoms with Crippen LogP contribution in [0, 0.1) is 12.3 Å². The maximum atomic E-state index is 12.2. The van der Waals surface area contributed by atoms with Crippen LogP contribution in [0.25, 0.3) is 0 Å². The molecule has 1 aliphatic rings. The first-order valence-electron chi connectivity index (χ1n) is 6.81. The lowest BCUT2D eigenvalue weighted by molar-refractivity contribution is -0.137. The van der Waals surface area contributed by atoms with Crippen molar-refractivity contribution in [3.63, 3.8) is 0 Å². The molecule has 106 valence electrons. The van der Waals surface area contributed by atoms with Crippen LogP contribution in [-0.4, -0.2) is 18.4 Å². The van der Waals surface area contributed by atoms with E-state index in [0.717, 1.165) is 5.56 Å². The topological polar surface area (TPSA) is 58.2 Å². The second-order valence-electron chi connectivity index (χ2n) is 5.25. The van der Waals surface area contributed by atoms with Crippen LogP contribution in [0.15, 0.2) is 36.9 Å². The summed E-state index contributed by atoms with van der Waals surface area (Å²) >= 11 is 0. The van der Waals surface area contributed by atoms with Gasteiger partial charge in [0.05, 0.1) is 0 Å². The molecule has 2 rings (SSSR count). The summed E-state index contributed by atoms with van der Waals surface area (Å²) in [5.41, 5.74) is 1.36. The first-order valence-corrected chi connectivity index (χ1v) is 6.81. The molecule has 0 aliphatic heterocycles. The number of amides is 2. The molecule has 2 N–H and O–H groups in total. The van der Waals surface area contributed by atoms with Gasteiger partial charge in [-0.1, -0.05) is 35.9 Å². The number of hydrogen-bond acceptors (Lipinski definition) is 2. The lowest BCUT2D eigenvalue weighted by Crippen LogP contribution is -2.42. The van der Waals surface area contributed by atoms with E-state index in [1.165, 1.54) is 5.56 Å². The molecule has 1 aliphatic carbocycles. The Bertz CT molecular complexity index is 516. The van der Waals surface area contributed by atoms with Crippen LogP contribution >= 0.6 is 0 Å². The molecule has 0 bridgehead atoms. The van der Waals surface area contributed by atoms with Gasteiger partial charge < -0.3 is 10.6 Å². The van der Waals surface area contributed by atoms with Gasteiger partial charge in [-0.15, -0.1) is 6.58 Å². The molecule has 0 saturated heterocycles. The Kier molecular flexibility index (Phi) is 4.23. The van der Waals surface area contributed by atoms with Crippen LogP contribution in [0.3, 0.4) is 0 Å². The number of carbonyl (C=O) groups excluding carboxylic acids is 2. The zero-order valence-corrected chi connectivity index (χ0v) is 11.7. The van der Waals surface area contributed by atoms with Crippen molar-refractivity contribution in [2.24, 2.45) is 5.41 Å². The number of benzene rings is 1. The van der Waals surface area contributed by atoms with Gasteiger partial charge in [0.1, 0.15) is 5.41 Å². The molecule has 4 nitrogen and oxygen atoms in total. The molecule has 4 heteroatoms. The van der Waals surface area contributed by atoms with E-state index in [-0.39, 0.29) is 11.8 Å². The molecule has 0 atom stereocenters. The Morgan fingerprint density at radius 3 is 2.35 bits per heavy atom. The minimum Gasteiger partial charge on any atom is -0.352 e. The van der Waals surface area contributed by atoms with Crippen LogP contribution < -0.4 is 10.6 Å². The van der Waals surface area contributed by atoms with Crippen LogP contribution in [0.1, 0.15) is 24.0 Å². The predicted octanol–water partition coefficient (Wildman–Crippen LogP) is 1.69. The summed E-state index contributed by atoms with van der Waals surface area (Å²) in [6, 6.07) is 7.97. The minimum absolute atomic E-state index is 0.181. The van der Waals surface area contributed by atoms with Crippen molar-refractivity contribution in [2.45, 2.75) is 26.3 Å². The van der Waals surface area contributed by atoms with Gasteiger partial charge >= 0.3 is 0 Å². The highest BCUT2D eigenvalue weighted by atomic mass is 16.2. The highest BCUT2D eigenvalue weighted by Gasteiger charge is 2.56. The van der Waals surface area contributed by atoms with Gasteiger partial charge in [0, 0.05) is 13.1 Å². The SMILES string of the molecule is C=CCNC(=O)C1(C(=O)NCc2ccc(C)cc2)CC1. The Hall–Kier alpha value is -2.10. The summed E-state index contributed by atoms with van der Waals surface area (Å²) in [7, 11) is 0. The first-order chi connectivity index (χ1) is 9.58. The fourth-order valence-electron chi connectivity index (χ4n) is 2.07. The molecule has 1 saturated carbocycles. The third kappa shape index (κ3) is 3.07. The monoisotopic (exact) mass is 272 g/mol. The van der Waals surface area contributed by atoms with E-state index in [1.54, 1.807) is 6.08 Å². The van der Waals surface area contributed by atoms with Crippen LogP contribution in [-0.2, 0) is 16.1 Å². The molecular weight excluding hydrogens is 252 g/mol. The molecule has 0 spiro atoms. The van der Waals surface area contributed by atoms with Crippen molar-refractivity contribution in [3.8, 4) is 0 Å². The smallest absolute Gasteiger partial charge is 0.235 e. The number of aryl methyl sites for hydroxylation is 1. The highest BCUT2D eigenvalue weighted by molar-refractivity contribution is 6.07. The molecule has 1 aromatic carbocycles. The average molecular weight is 272 g/mol. The zero-order chi connectivity index (χ0) is 14.6. The van der Waals surface area contributed by atoms with Crippen molar-refractivity contribution >= 4 is 11.8 Å². The number of nitrogens with one attached hydrogen (secondary N) is 2. The van der Waals surface area contributed by atoms with Gasteiger partial charge in [0.15, 0.2) is 0 Å². The van der Waals surface area contributed by atoms with Gasteiger partial charge in [0.2, 0.25) is 11.8 Å². The Balaban J connectivity index is 1.90. The van der Waals surface area contributed by atoms with E-state index in [2.05, 4.69) is 17.2 Å². The molecule has 1 aromatic rings. The van der Waals surface area contributed by atoms with Crippen LogP contribution in [0.2, 0.25) is 0 Å². The maximum Gasteiger partial charge on any atom is 0.235 e. The molecule has 20 heavy (non-hydrogen) atoms. The molecule has 2 amide bonds. The molecule has 0 heterocycles. The van der Waals surface area contributed by atoms with E-state index in [9.17, 15) is 9.59 Å². The normalized spacial score (nSPS) is 15.2. The molecule has 1 fully saturated rings. The van der Waals surface area contributed by atoms with E-state index in [1.807, 2.05) is 31.2 Å². The molecular formula is C16H20N2O2. The number of carbonyl (C=O) groups is 2. The summed E-state index contributed by atoms with van der Waals surface area (Å²) in [5.74, 6) is -0.376. The van der Waals surface area contributed by atoms with E-state index in [4.69, 9.17) is 0 Å². The van der Waals surface area contributed by atoms with Crippen molar-refractivity contribution in [1.29, 1.82) is 0 Å². The zero-order valence-electron chi connectivity index (χ0n) is 11.7. The van der Waals surface area contributed by atoms with Crippen molar-refractivity contribution in [2.75, 3.05) is 6.54 Å². The summed E-state index contributed by atoms with van der Waals surface area (Å²) in [4.78, 5) is 24.1. The Labute approximate surface area is 119 Å². The second kappa shape index (κ2) is 5.90. The number of rotatable bonds is 6. The fourth-order valence-corrected chi connectivity index (χ4v) is 2.07. The van der Waals surface area contributed by atoms with Crippen molar-refractivity contribution in [1.82, 2.24) is 10.6 Å². The second-order valence-corrected chi connectivity index (χ2v) is 5.25. The Morgan fingerprint density at radius 2 is 1.80 bits per heavy atom. The fraction of sp³-hybridized carbons (Fsp3) is 0.375. The van der Waals surface area contributed by atoms with E-state index >= 15 is 0 Å². The summed E-state index contributed by atoms with van der Waals surface area (Å²) in [6.07, 6.45) is 2.85. The van der Waals surface area contributed by atoms with Gasteiger partial charge in [-0.05, 0) is 25.3 Å². The third-order valence-corrected chi connectivity index (χ3v) is 3.60. The predicted molar refractivity (Wildman–Crippen MR) is 77.9 cm³/mol. The van der Waals surface area contributed by atoms with Gasteiger partial charge in [0.25, 0.3) is 0 Å². The van der Waals surface area contributed by atoms with Crippen LogP contribution in [0.5, 0.6) is 0 Å². The number of hydrogen-bond donors (Lipinski definition) is 2. The molecule has 0 radical (unpaired) electrons. The van der Waals surface area contributed by atoms with Crippen molar-refractivity contribution < 1.29 is 9.59 Å². The summed E-state index contributed by atoms with van der Waals surface area (Å²) < 4.78 is 0. The maximum absolute atomic E-state index is 12.2. The van der Waals surface area contributed by atoms with E-state index < -0.39 is 5.41 Å². The highest BCUT2D eigenvalue weighted by Crippen LogP contribution is 2.46. The van der Waals surface area contributed by atoms with Gasteiger partial charge in [-0.25, -0.2) is 0 Å². The minimum atomic E-state index is -0.853. The molecule has 0 aromatic heterocycles. The van der Waals surface area contributed by atoms with Crippen LogP contribution in [0.4, 0.5) is 0 Å². The Morgan fingerprint density at radius 1 is 1.20 bits per heavy atom. The van der Waals surface area contributed by atoms with E-state index in [0.29, 0.717) is 25.9 Å². The lowest BCUT2D eigenvalue weighted by atomic mass is 10.0. The van der Waals surface area contributed by atoms with Crippen molar-refractivity contribution in [3.05, 3.63) is 48.0 Å². The van der Waals surface area contributed by atoms with Gasteiger partial charge in [-0.3, -0.25) is 9.59 Å². The largest absolute Gasteiger partial charge is 0.352 e. The lowest BCUT2D eigenvalue weighted by Gasteiger charge is -2.14. The molecule has 0 unspecified atom stereocenters. The first kappa shape index (κ1) is 14.3. The summed E-state index contributed by atoms with van der Waals surface area (Å²) in [5, 5.41) is 5.56. The summed E-state index contributed by atoms with van der Waals surface area (Å²) in [6.45, 7) is 6.42. The average Bonchev–Trinajstić information content (AvgIpc) is 3.25.